The summed E-state index contributed by atoms with van der Waals surface area (Å²) in [5.41, 5.74) is 2.39. The molecule has 0 aliphatic rings. The van der Waals surface area contributed by atoms with Crippen LogP contribution in [0.3, 0.4) is 0 Å². The quantitative estimate of drug-likeness (QED) is 0.815. The SMILES string of the molecule is CC(C)NCc1occc1COc1cccc(C(C)C)c1. The zero-order chi connectivity index (χ0) is 15.2. The van der Waals surface area contributed by atoms with Crippen LogP contribution in [0.2, 0.25) is 0 Å². The normalized spacial score (nSPS) is 11.3. The molecule has 21 heavy (non-hydrogen) atoms. The molecule has 1 aromatic heterocycles. The van der Waals surface area contributed by atoms with Gasteiger partial charge in [-0.1, -0.05) is 39.8 Å². The third kappa shape index (κ3) is 4.64. The van der Waals surface area contributed by atoms with Crippen LogP contribution in [-0.4, -0.2) is 6.04 Å². The van der Waals surface area contributed by atoms with Crippen molar-refractivity contribution in [1.82, 2.24) is 5.32 Å². The Morgan fingerprint density at radius 2 is 1.95 bits per heavy atom. The van der Waals surface area contributed by atoms with Crippen molar-refractivity contribution in [3.8, 4) is 5.75 Å². The molecule has 0 amide bonds. The molecule has 3 heteroatoms. The van der Waals surface area contributed by atoms with E-state index < -0.39 is 0 Å². The lowest BCUT2D eigenvalue weighted by Crippen LogP contribution is -2.22. The van der Waals surface area contributed by atoms with Gasteiger partial charge in [0.1, 0.15) is 18.1 Å². The van der Waals surface area contributed by atoms with Gasteiger partial charge in [-0.15, -0.1) is 0 Å². The highest BCUT2D eigenvalue weighted by Gasteiger charge is 2.08. The van der Waals surface area contributed by atoms with Crippen LogP contribution in [0.15, 0.2) is 41.0 Å². The molecule has 0 aliphatic carbocycles. The largest absolute Gasteiger partial charge is 0.489 e. The summed E-state index contributed by atoms with van der Waals surface area (Å²) in [6, 6.07) is 10.7. The first kappa shape index (κ1) is 15.6. The van der Waals surface area contributed by atoms with E-state index in [1.807, 2.05) is 18.2 Å². The molecule has 2 rings (SSSR count). The second-order valence-corrected chi connectivity index (χ2v) is 5.92. The van der Waals surface area contributed by atoms with E-state index in [2.05, 4.69) is 45.1 Å². The average molecular weight is 287 g/mol. The standard InChI is InChI=1S/C18H25NO2/c1-13(2)15-6-5-7-17(10-15)21-12-16-8-9-20-18(16)11-19-14(3)4/h5-10,13-14,19H,11-12H2,1-4H3. The molecule has 3 nitrogen and oxygen atoms in total. The van der Waals surface area contributed by atoms with Gasteiger partial charge in [-0.3, -0.25) is 0 Å². The van der Waals surface area contributed by atoms with E-state index in [0.29, 0.717) is 18.6 Å². The minimum atomic E-state index is 0.437. The molecule has 0 saturated carbocycles. The second kappa shape index (κ2) is 7.32. The molecule has 0 radical (unpaired) electrons. The van der Waals surface area contributed by atoms with Crippen LogP contribution in [0.1, 0.15) is 50.5 Å². The zero-order valence-corrected chi connectivity index (χ0v) is 13.3. The van der Waals surface area contributed by atoms with Crippen molar-refractivity contribution in [3.63, 3.8) is 0 Å². The maximum atomic E-state index is 5.90. The van der Waals surface area contributed by atoms with Gasteiger partial charge in [0.05, 0.1) is 12.8 Å². The molecule has 0 unspecified atom stereocenters. The summed E-state index contributed by atoms with van der Waals surface area (Å²) in [7, 11) is 0. The maximum absolute atomic E-state index is 5.90. The molecule has 2 aromatic rings. The van der Waals surface area contributed by atoms with Crippen molar-refractivity contribution in [2.45, 2.75) is 52.8 Å². The fraction of sp³-hybridized carbons (Fsp3) is 0.444. The number of ether oxygens (including phenoxy) is 1. The summed E-state index contributed by atoms with van der Waals surface area (Å²) in [6.45, 7) is 9.88. The molecule has 1 N–H and O–H groups in total. The maximum Gasteiger partial charge on any atom is 0.124 e. The Hall–Kier alpha value is -1.74. The number of nitrogens with one attached hydrogen (secondary N) is 1. The minimum absolute atomic E-state index is 0.437. The van der Waals surface area contributed by atoms with Gasteiger partial charge in [-0.2, -0.15) is 0 Å². The predicted octanol–water partition coefficient (Wildman–Crippen LogP) is 4.48. The number of rotatable bonds is 7. The fourth-order valence-electron chi connectivity index (χ4n) is 2.07. The van der Waals surface area contributed by atoms with Crippen LogP contribution in [-0.2, 0) is 13.2 Å². The second-order valence-electron chi connectivity index (χ2n) is 5.92. The lowest BCUT2D eigenvalue weighted by molar-refractivity contribution is 0.300. The smallest absolute Gasteiger partial charge is 0.124 e. The number of hydrogen-bond acceptors (Lipinski definition) is 3. The van der Waals surface area contributed by atoms with Crippen molar-refractivity contribution in [2.75, 3.05) is 0 Å². The minimum Gasteiger partial charge on any atom is -0.489 e. The first-order valence-electron chi connectivity index (χ1n) is 7.57. The lowest BCUT2D eigenvalue weighted by atomic mass is 10.0. The molecule has 1 aromatic carbocycles. The number of benzene rings is 1. The van der Waals surface area contributed by atoms with E-state index in [-0.39, 0.29) is 0 Å². The van der Waals surface area contributed by atoms with Crippen LogP contribution < -0.4 is 10.1 Å². The highest BCUT2D eigenvalue weighted by Crippen LogP contribution is 2.21. The van der Waals surface area contributed by atoms with E-state index in [1.165, 1.54) is 5.56 Å². The molecular formula is C18H25NO2. The third-order valence-corrected chi connectivity index (χ3v) is 3.43. The van der Waals surface area contributed by atoms with Crippen LogP contribution in [0, 0.1) is 0 Å². The van der Waals surface area contributed by atoms with E-state index in [9.17, 15) is 0 Å². The van der Waals surface area contributed by atoms with Gasteiger partial charge in [0.2, 0.25) is 0 Å². The Kier molecular flexibility index (Phi) is 5.45. The molecule has 1 heterocycles. The van der Waals surface area contributed by atoms with E-state index in [0.717, 1.165) is 23.6 Å². The van der Waals surface area contributed by atoms with Crippen molar-refractivity contribution >= 4 is 0 Å². The Morgan fingerprint density at radius 3 is 2.67 bits per heavy atom. The van der Waals surface area contributed by atoms with Crippen LogP contribution in [0.4, 0.5) is 0 Å². The van der Waals surface area contributed by atoms with Gasteiger partial charge in [0.25, 0.3) is 0 Å². The first-order chi connectivity index (χ1) is 10.1. The summed E-state index contributed by atoms with van der Waals surface area (Å²) in [6.07, 6.45) is 1.72. The van der Waals surface area contributed by atoms with Crippen molar-refractivity contribution in [2.24, 2.45) is 0 Å². The Morgan fingerprint density at radius 1 is 1.14 bits per heavy atom. The lowest BCUT2D eigenvalue weighted by Gasteiger charge is -2.11. The van der Waals surface area contributed by atoms with Crippen molar-refractivity contribution < 1.29 is 9.15 Å². The van der Waals surface area contributed by atoms with Gasteiger partial charge in [-0.25, -0.2) is 0 Å². The summed E-state index contributed by atoms with van der Waals surface area (Å²) in [4.78, 5) is 0. The first-order valence-corrected chi connectivity index (χ1v) is 7.57. The fourth-order valence-corrected chi connectivity index (χ4v) is 2.07. The predicted molar refractivity (Wildman–Crippen MR) is 85.5 cm³/mol. The average Bonchev–Trinajstić information content (AvgIpc) is 2.90. The summed E-state index contributed by atoms with van der Waals surface area (Å²) in [5.74, 6) is 2.36. The highest BCUT2D eigenvalue weighted by molar-refractivity contribution is 5.30. The Balaban J connectivity index is 1.97. The topological polar surface area (TPSA) is 34.4 Å². The molecule has 0 bridgehead atoms. The van der Waals surface area contributed by atoms with Crippen LogP contribution >= 0.6 is 0 Å². The molecule has 0 fully saturated rings. The molecule has 0 atom stereocenters. The van der Waals surface area contributed by atoms with Gasteiger partial charge >= 0.3 is 0 Å². The van der Waals surface area contributed by atoms with Crippen molar-refractivity contribution in [3.05, 3.63) is 53.5 Å². The number of furan rings is 1. The molecule has 0 saturated heterocycles. The summed E-state index contributed by atoms with van der Waals surface area (Å²) in [5, 5.41) is 3.36. The van der Waals surface area contributed by atoms with Crippen LogP contribution in [0.5, 0.6) is 5.75 Å². The third-order valence-electron chi connectivity index (χ3n) is 3.43. The van der Waals surface area contributed by atoms with E-state index in [1.54, 1.807) is 6.26 Å². The molecular weight excluding hydrogens is 262 g/mol. The Labute approximate surface area is 127 Å². The monoisotopic (exact) mass is 287 g/mol. The van der Waals surface area contributed by atoms with Gasteiger partial charge in [0, 0.05) is 11.6 Å². The van der Waals surface area contributed by atoms with E-state index >= 15 is 0 Å². The number of hydrogen-bond donors (Lipinski definition) is 1. The summed E-state index contributed by atoms with van der Waals surface area (Å²) < 4.78 is 11.4. The highest BCUT2D eigenvalue weighted by atomic mass is 16.5. The molecule has 0 spiro atoms. The van der Waals surface area contributed by atoms with E-state index in [4.69, 9.17) is 9.15 Å². The Bertz CT molecular complexity index is 558. The molecule has 0 aliphatic heterocycles. The van der Waals surface area contributed by atoms with Gasteiger partial charge in [-0.05, 0) is 29.7 Å². The van der Waals surface area contributed by atoms with Gasteiger partial charge < -0.3 is 14.5 Å². The molecule has 114 valence electrons. The van der Waals surface area contributed by atoms with Gasteiger partial charge in [0.15, 0.2) is 0 Å². The van der Waals surface area contributed by atoms with Crippen LogP contribution in [0.25, 0.3) is 0 Å². The van der Waals surface area contributed by atoms with Crippen molar-refractivity contribution in [1.29, 1.82) is 0 Å². The summed E-state index contributed by atoms with van der Waals surface area (Å²) >= 11 is 0. The zero-order valence-electron chi connectivity index (χ0n) is 13.3.